The highest BCUT2D eigenvalue weighted by atomic mass is 32.2. The number of benzene rings is 2. The van der Waals surface area contributed by atoms with Crippen molar-refractivity contribution in [3.05, 3.63) is 93.6 Å². The van der Waals surface area contributed by atoms with E-state index in [1.54, 1.807) is 48.5 Å². The van der Waals surface area contributed by atoms with Crippen molar-refractivity contribution in [2.24, 2.45) is 0 Å². The van der Waals surface area contributed by atoms with Gasteiger partial charge in [0.15, 0.2) is 5.78 Å². The van der Waals surface area contributed by atoms with Crippen molar-refractivity contribution in [2.75, 3.05) is 6.54 Å². The number of imide groups is 1. The fourth-order valence-electron chi connectivity index (χ4n) is 3.72. The molecule has 7 nitrogen and oxygen atoms in total. The summed E-state index contributed by atoms with van der Waals surface area (Å²) in [5.41, 5.74) is 3.91. The van der Waals surface area contributed by atoms with Crippen molar-refractivity contribution < 1.29 is 24.3 Å². The second-order valence-electron chi connectivity index (χ2n) is 7.57. The van der Waals surface area contributed by atoms with Crippen LogP contribution >= 0.6 is 11.8 Å². The summed E-state index contributed by atoms with van der Waals surface area (Å²) in [6.45, 7) is 3.48. The summed E-state index contributed by atoms with van der Waals surface area (Å²) in [4.78, 5) is 50.1. The predicted molar refractivity (Wildman–Crippen MR) is 126 cm³/mol. The van der Waals surface area contributed by atoms with Gasteiger partial charge in [-0.1, -0.05) is 30.3 Å². The molecule has 0 spiro atoms. The maximum Gasteiger partial charge on any atom is 0.335 e. The van der Waals surface area contributed by atoms with Crippen LogP contribution in [-0.4, -0.2) is 44.0 Å². The molecule has 2 amide bonds. The zero-order chi connectivity index (χ0) is 23.7. The highest BCUT2D eigenvalue weighted by Crippen LogP contribution is 2.34. The van der Waals surface area contributed by atoms with Gasteiger partial charge in [-0.25, -0.2) is 4.79 Å². The third-order valence-electron chi connectivity index (χ3n) is 5.40. The molecule has 1 fully saturated rings. The molecule has 33 heavy (non-hydrogen) atoms. The average molecular weight is 461 g/mol. The second-order valence-corrected chi connectivity index (χ2v) is 8.56. The Morgan fingerprint density at radius 3 is 2.27 bits per heavy atom. The minimum absolute atomic E-state index is 0.195. The topological polar surface area (TPSA) is 96.7 Å². The van der Waals surface area contributed by atoms with Gasteiger partial charge >= 0.3 is 5.97 Å². The molecule has 2 heterocycles. The lowest BCUT2D eigenvalue weighted by Gasteiger charge is -2.11. The summed E-state index contributed by atoms with van der Waals surface area (Å²) in [6, 6.07) is 16.9. The highest BCUT2D eigenvalue weighted by Gasteiger charge is 2.36. The van der Waals surface area contributed by atoms with Crippen LogP contribution in [0.25, 0.3) is 11.8 Å². The number of aromatic nitrogens is 1. The Labute approximate surface area is 194 Å². The van der Waals surface area contributed by atoms with Gasteiger partial charge in [-0.3, -0.25) is 19.3 Å². The molecule has 166 valence electrons. The highest BCUT2D eigenvalue weighted by molar-refractivity contribution is 8.18. The van der Waals surface area contributed by atoms with E-state index in [1.807, 2.05) is 24.5 Å². The number of carbonyl (C=O) groups excluding carboxylic acids is 3. The van der Waals surface area contributed by atoms with E-state index >= 15 is 0 Å². The Bertz CT molecular complexity index is 1310. The van der Waals surface area contributed by atoms with Crippen molar-refractivity contribution in [3.63, 3.8) is 0 Å². The van der Waals surface area contributed by atoms with Gasteiger partial charge in [-0.05, 0) is 67.6 Å². The molecule has 0 unspecified atom stereocenters. The van der Waals surface area contributed by atoms with Crippen molar-refractivity contribution >= 4 is 40.7 Å². The molecule has 1 aliphatic rings. The van der Waals surface area contributed by atoms with Gasteiger partial charge in [0.25, 0.3) is 11.1 Å². The number of aromatic carboxylic acids is 1. The van der Waals surface area contributed by atoms with Crippen LogP contribution in [0.5, 0.6) is 0 Å². The van der Waals surface area contributed by atoms with E-state index in [0.717, 1.165) is 39.3 Å². The van der Waals surface area contributed by atoms with Gasteiger partial charge in [-0.15, -0.1) is 0 Å². The lowest BCUT2D eigenvalue weighted by Crippen LogP contribution is -2.33. The monoisotopic (exact) mass is 460 g/mol. The minimum atomic E-state index is -0.996. The van der Waals surface area contributed by atoms with Gasteiger partial charge < -0.3 is 9.67 Å². The third kappa shape index (κ3) is 4.38. The Hall–Kier alpha value is -3.91. The van der Waals surface area contributed by atoms with Crippen LogP contribution in [-0.2, 0) is 4.79 Å². The molecule has 1 N–H and O–H groups in total. The number of thioether (sulfide) groups is 1. The number of carboxylic acid groups (broad SMARTS) is 1. The standard InChI is InChI=1S/C25H20N2O5S/c1-15-12-19(16(2)27(15)20-10-8-18(9-11-20)24(30)31)13-22-23(29)26(25(32)33-22)14-21(28)17-6-4-3-5-7-17/h3-13H,14H2,1-2H3,(H,30,31)/b22-13+. The van der Waals surface area contributed by atoms with Gasteiger partial charge in [0, 0.05) is 22.6 Å². The largest absolute Gasteiger partial charge is 0.478 e. The van der Waals surface area contributed by atoms with Crippen molar-refractivity contribution in [2.45, 2.75) is 13.8 Å². The Balaban J connectivity index is 1.59. The molecule has 3 aromatic rings. The number of nitrogens with zero attached hydrogens (tertiary/aromatic N) is 2. The fraction of sp³-hybridized carbons (Fsp3) is 0.120. The maximum atomic E-state index is 12.9. The molecule has 0 bridgehead atoms. The molecule has 4 rings (SSSR count). The van der Waals surface area contributed by atoms with Crippen LogP contribution in [0.4, 0.5) is 4.79 Å². The first-order valence-electron chi connectivity index (χ1n) is 10.1. The number of aryl methyl sites for hydroxylation is 1. The molecule has 2 aromatic carbocycles. The van der Waals surface area contributed by atoms with Crippen LogP contribution in [0.15, 0.2) is 65.6 Å². The van der Waals surface area contributed by atoms with E-state index in [2.05, 4.69) is 0 Å². The maximum absolute atomic E-state index is 12.9. The molecular formula is C25H20N2O5S. The number of amides is 2. The molecule has 8 heteroatoms. The lowest BCUT2D eigenvalue weighted by atomic mass is 10.1. The predicted octanol–water partition coefficient (Wildman–Crippen LogP) is 4.71. The van der Waals surface area contributed by atoms with Crippen LogP contribution in [0.1, 0.15) is 37.7 Å². The molecular weight excluding hydrogens is 440 g/mol. The molecule has 0 radical (unpaired) electrons. The zero-order valence-electron chi connectivity index (χ0n) is 17.9. The number of hydrogen-bond donors (Lipinski definition) is 1. The summed E-state index contributed by atoms with van der Waals surface area (Å²) in [6.07, 6.45) is 1.66. The zero-order valence-corrected chi connectivity index (χ0v) is 18.8. The van der Waals surface area contributed by atoms with Crippen molar-refractivity contribution in [1.82, 2.24) is 9.47 Å². The van der Waals surface area contributed by atoms with E-state index in [0.29, 0.717) is 5.56 Å². The van der Waals surface area contributed by atoms with E-state index in [-0.39, 0.29) is 22.8 Å². The fourth-order valence-corrected chi connectivity index (χ4v) is 4.55. The lowest BCUT2D eigenvalue weighted by molar-refractivity contribution is -0.122. The molecule has 0 aliphatic carbocycles. The normalized spacial score (nSPS) is 14.8. The van der Waals surface area contributed by atoms with E-state index in [1.165, 1.54) is 12.1 Å². The van der Waals surface area contributed by atoms with Crippen molar-refractivity contribution in [1.29, 1.82) is 0 Å². The number of carboxylic acids is 1. The van der Waals surface area contributed by atoms with Gasteiger partial charge in [-0.2, -0.15) is 0 Å². The number of carbonyl (C=O) groups is 4. The minimum Gasteiger partial charge on any atom is -0.478 e. The third-order valence-corrected chi connectivity index (χ3v) is 6.31. The number of hydrogen-bond acceptors (Lipinski definition) is 5. The smallest absolute Gasteiger partial charge is 0.335 e. The van der Waals surface area contributed by atoms with Crippen LogP contribution in [0.3, 0.4) is 0 Å². The summed E-state index contributed by atoms with van der Waals surface area (Å²) in [5, 5.41) is 8.63. The Morgan fingerprint density at radius 2 is 1.64 bits per heavy atom. The summed E-state index contributed by atoms with van der Waals surface area (Å²) in [7, 11) is 0. The van der Waals surface area contributed by atoms with Crippen LogP contribution < -0.4 is 0 Å². The van der Waals surface area contributed by atoms with Crippen LogP contribution in [0.2, 0.25) is 0 Å². The van der Waals surface area contributed by atoms with E-state index < -0.39 is 17.1 Å². The first-order valence-corrected chi connectivity index (χ1v) is 10.9. The van der Waals surface area contributed by atoms with Crippen LogP contribution in [0, 0.1) is 13.8 Å². The molecule has 0 saturated carbocycles. The van der Waals surface area contributed by atoms with E-state index in [9.17, 15) is 19.2 Å². The first-order chi connectivity index (χ1) is 15.8. The Morgan fingerprint density at radius 1 is 0.970 bits per heavy atom. The molecule has 0 atom stereocenters. The average Bonchev–Trinajstić information content (AvgIpc) is 3.23. The molecule has 1 aliphatic heterocycles. The SMILES string of the molecule is Cc1cc(/C=C2/SC(=O)N(CC(=O)c3ccccc3)C2=O)c(C)n1-c1ccc(C(=O)O)cc1. The van der Waals surface area contributed by atoms with E-state index in [4.69, 9.17) is 5.11 Å². The van der Waals surface area contributed by atoms with Gasteiger partial charge in [0.05, 0.1) is 17.0 Å². The Kier molecular flexibility index (Phi) is 6.02. The molecule has 1 aromatic heterocycles. The summed E-state index contributed by atoms with van der Waals surface area (Å²) >= 11 is 0.810. The second kappa shape index (κ2) is 8.91. The first kappa shape index (κ1) is 22.3. The van der Waals surface area contributed by atoms with Gasteiger partial charge in [0.1, 0.15) is 0 Å². The van der Waals surface area contributed by atoms with Gasteiger partial charge in [0.2, 0.25) is 0 Å². The molecule has 1 saturated heterocycles. The quantitative estimate of drug-likeness (QED) is 0.423. The number of rotatable bonds is 6. The number of Topliss-reactive ketones (excluding diaryl/α,β-unsaturated/α-hetero) is 1. The summed E-state index contributed by atoms with van der Waals surface area (Å²) in [5.74, 6) is -1.79. The number of ketones is 1. The summed E-state index contributed by atoms with van der Waals surface area (Å²) < 4.78 is 1.95. The van der Waals surface area contributed by atoms with Crippen molar-refractivity contribution in [3.8, 4) is 5.69 Å².